The van der Waals surface area contributed by atoms with Gasteiger partial charge >= 0.3 is 0 Å². The predicted molar refractivity (Wildman–Crippen MR) is 97.9 cm³/mol. The van der Waals surface area contributed by atoms with Crippen molar-refractivity contribution in [3.63, 3.8) is 0 Å². The van der Waals surface area contributed by atoms with Gasteiger partial charge in [-0.2, -0.15) is 9.90 Å². The van der Waals surface area contributed by atoms with Gasteiger partial charge in [0.25, 0.3) is 5.91 Å². The van der Waals surface area contributed by atoms with Crippen LogP contribution in [0.4, 0.5) is 0 Å². The van der Waals surface area contributed by atoms with Crippen LogP contribution in [0.15, 0.2) is 60.8 Å². The van der Waals surface area contributed by atoms with Crippen LogP contribution >= 0.6 is 11.6 Å². The number of rotatable bonds is 5. The molecule has 0 aliphatic rings. The summed E-state index contributed by atoms with van der Waals surface area (Å²) in [6.07, 6.45) is 1.47. The lowest BCUT2D eigenvalue weighted by atomic mass is 9.96. The summed E-state index contributed by atoms with van der Waals surface area (Å²) >= 11 is 5.95. The van der Waals surface area contributed by atoms with Crippen molar-refractivity contribution in [1.29, 1.82) is 0 Å². The van der Waals surface area contributed by atoms with E-state index in [9.17, 15) is 4.79 Å². The Hall–Kier alpha value is -2.66. The Morgan fingerprint density at radius 1 is 1.08 bits per heavy atom. The first kappa shape index (κ1) is 17.2. The van der Waals surface area contributed by atoms with E-state index in [0.29, 0.717) is 5.02 Å². The molecule has 3 rings (SSSR count). The van der Waals surface area contributed by atoms with Gasteiger partial charge in [0.05, 0.1) is 17.9 Å². The van der Waals surface area contributed by atoms with E-state index in [1.54, 1.807) is 0 Å². The Labute approximate surface area is 151 Å². The lowest BCUT2D eigenvalue weighted by Gasteiger charge is -2.22. The number of nitrogens with one attached hydrogen (secondary N) is 1. The predicted octanol–water partition coefficient (Wildman–Crippen LogP) is 4.05. The Morgan fingerprint density at radius 2 is 1.76 bits per heavy atom. The minimum Gasteiger partial charge on any atom is -0.344 e. The first-order valence-electron chi connectivity index (χ1n) is 8.08. The molecule has 1 aromatic heterocycles. The Balaban J connectivity index is 1.78. The number of nitrogens with zero attached hydrogens (tertiary/aromatic N) is 3. The van der Waals surface area contributed by atoms with Crippen LogP contribution < -0.4 is 5.32 Å². The van der Waals surface area contributed by atoms with Crippen molar-refractivity contribution in [1.82, 2.24) is 20.3 Å². The largest absolute Gasteiger partial charge is 0.344 e. The Bertz CT molecular complexity index is 843. The zero-order chi connectivity index (χ0) is 17.8. The van der Waals surface area contributed by atoms with E-state index < -0.39 is 0 Å². The molecule has 0 saturated heterocycles. The van der Waals surface area contributed by atoms with Crippen LogP contribution in [0.1, 0.15) is 35.9 Å². The molecule has 0 fully saturated rings. The topological polar surface area (TPSA) is 59.8 Å². The van der Waals surface area contributed by atoms with Crippen molar-refractivity contribution in [2.24, 2.45) is 5.92 Å². The summed E-state index contributed by atoms with van der Waals surface area (Å²) in [5.41, 5.74) is 2.09. The minimum atomic E-state index is -0.254. The molecule has 2 aromatic carbocycles. The van der Waals surface area contributed by atoms with Crippen LogP contribution in [0.2, 0.25) is 5.02 Å². The van der Waals surface area contributed by atoms with E-state index in [4.69, 9.17) is 11.6 Å². The summed E-state index contributed by atoms with van der Waals surface area (Å²) in [4.78, 5) is 14.0. The van der Waals surface area contributed by atoms with Crippen molar-refractivity contribution in [3.8, 4) is 5.69 Å². The van der Waals surface area contributed by atoms with Gasteiger partial charge in [0.2, 0.25) is 0 Å². The molecule has 3 aromatic rings. The maximum atomic E-state index is 12.6. The highest BCUT2D eigenvalue weighted by Crippen LogP contribution is 2.23. The number of hydrogen-bond donors (Lipinski definition) is 1. The lowest BCUT2D eigenvalue weighted by molar-refractivity contribution is 0.0920. The van der Waals surface area contributed by atoms with Crippen molar-refractivity contribution >= 4 is 17.5 Å². The molecule has 128 valence electrons. The van der Waals surface area contributed by atoms with Crippen LogP contribution in [0, 0.1) is 5.92 Å². The third-order valence-electron chi connectivity index (χ3n) is 3.89. The molecule has 25 heavy (non-hydrogen) atoms. The molecule has 0 radical (unpaired) electrons. The highest BCUT2D eigenvalue weighted by atomic mass is 35.5. The van der Waals surface area contributed by atoms with E-state index in [2.05, 4.69) is 29.4 Å². The number of amides is 1. The molecule has 0 bridgehead atoms. The van der Waals surface area contributed by atoms with Crippen LogP contribution in [-0.2, 0) is 0 Å². The fourth-order valence-electron chi connectivity index (χ4n) is 2.57. The SMILES string of the molecule is CC(C)C(NC(=O)c1cnn(-c2ccccc2)n1)c1ccc(Cl)cc1. The third kappa shape index (κ3) is 4.06. The quantitative estimate of drug-likeness (QED) is 0.752. The number of benzene rings is 2. The summed E-state index contributed by atoms with van der Waals surface area (Å²) in [6.45, 7) is 4.11. The average molecular weight is 355 g/mol. The van der Waals surface area contributed by atoms with E-state index in [1.807, 2.05) is 54.6 Å². The highest BCUT2D eigenvalue weighted by Gasteiger charge is 2.21. The average Bonchev–Trinajstić information content (AvgIpc) is 3.11. The number of carbonyl (C=O) groups is 1. The summed E-state index contributed by atoms with van der Waals surface area (Å²) in [5.74, 6) is -0.0369. The summed E-state index contributed by atoms with van der Waals surface area (Å²) in [5, 5.41) is 12.1. The molecule has 1 amide bonds. The van der Waals surface area contributed by atoms with Crippen molar-refractivity contribution in [2.75, 3.05) is 0 Å². The van der Waals surface area contributed by atoms with Gasteiger partial charge in [0.15, 0.2) is 5.69 Å². The number of carbonyl (C=O) groups excluding carboxylic acids is 1. The maximum absolute atomic E-state index is 12.6. The van der Waals surface area contributed by atoms with Crippen molar-refractivity contribution in [2.45, 2.75) is 19.9 Å². The van der Waals surface area contributed by atoms with Crippen LogP contribution in [-0.4, -0.2) is 20.9 Å². The smallest absolute Gasteiger partial charge is 0.273 e. The summed E-state index contributed by atoms with van der Waals surface area (Å²) < 4.78 is 0. The molecule has 0 saturated carbocycles. The van der Waals surface area contributed by atoms with Gasteiger partial charge < -0.3 is 5.32 Å². The minimum absolute atomic E-state index is 0.133. The van der Waals surface area contributed by atoms with E-state index in [-0.39, 0.29) is 23.6 Å². The first-order valence-corrected chi connectivity index (χ1v) is 8.46. The first-order chi connectivity index (χ1) is 12.0. The molecule has 0 spiro atoms. The number of halogens is 1. The maximum Gasteiger partial charge on any atom is 0.273 e. The Morgan fingerprint density at radius 3 is 2.40 bits per heavy atom. The fourth-order valence-corrected chi connectivity index (χ4v) is 2.70. The molecule has 6 heteroatoms. The number of para-hydroxylation sites is 1. The molecule has 1 N–H and O–H groups in total. The van der Waals surface area contributed by atoms with Gasteiger partial charge in [-0.25, -0.2) is 0 Å². The lowest BCUT2D eigenvalue weighted by Crippen LogP contribution is -2.32. The second kappa shape index (κ2) is 7.49. The second-order valence-electron chi connectivity index (χ2n) is 6.10. The molecule has 1 unspecified atom stereocenters. The normalized spacial score (nSPS) is 12.2. The molecule has 1 heterocycles. The molecule has 0 aliphatic heterocycles. The van der Waals surface area contributed by atoms with Crippen LogP contribution in [0.5, 0.6) is 0 Å². The molecule has 0 aliphatic carbocycles. The summed E-state index contributed by atoms with van der Waals surface area (Å²) in [6, 6.07) is 16.8. The van der Waals surface area contributed by atoms with Gasteiger partial charge in [-0.3, -0.25) is 4.79 Å². The second-order valence-corrected chi connectivity index (χ2v) is 6.54. The van der Waals surface area contributed by atoms with Crippen LogP contribution in [0.3, 0.4) is 0 Å². The zero-order valence-electron chi connectivity index (χ0n) is 14.1. The van der Waals surface area contributed by atoms with Crippen molar-refractivity contribution in [3.05, 3.63) is 77.1 Å². The van der Waals surface area contributed by atoms with Gasteiger partial charge in [-0.1, -0.05) is 55.8 Å². The number of hydrogen-bond acceptors (Lipinski definition) is 3. The van der Waals surface area contributed by atoms with E-state index in [1.165, 1.54) is 11.0 Å². The third-order valence-corrected chi connectivity index (χ3v) is 4.15. The molecular weight excluding hydrogens is 336 g/mol. The van der Waals surface area contributed by atoms with Gasteiger partial charge in [-0.05, 0) is 35.7 Å². The van der Waals surface area contributed by atoms with Crippen LogP contribution in [0.25, 0.3) is 5.69 Å². The molecule has 1 atom stereocenters. The monoisotopic (exact) mass is 354 g/mol. The highest BCUT2D eigenvalue weighted by molar-refractivity contribution is 6.30. The molecule has 5 nitrogen and oxygen atoms in total. The van der Waals surface area contributed by atoms with Gasteiger partial charge in [-0.15, -0.1) is 5.10 Å². The summed E-state index contributed by atoms with van der Waals surface area (Å²) in [7, 11) is 0. The van der Waals surface area contributed by atoms with Crippen molar-refractivity contribution < 1.29 is 4.79 Å². The Kier molecular flexibility index (Phi) is 5.14. The van der Waals surface area contributed by atoms with E-state index >= 15 is 0 Å². The molecular formula is C19H19ClN4O. The van der Waals surface area contributed by atoms with Gasteiger partial charge in [0, 0.05) is 5.02 Å². The fraction of sp³-hybridized carbons (Fsp3) is 0.211. The zero-order valence-corrected chi connectivity index (χ0v) is 14.8. The van der Waals surface area contributed by atoms with Gasteiger partial charge in [0.1, 0.15) is 0 Å². The van der Waals surface area contributed by atoms with E-state index in [0.717, 1.165) is 11.3 Å². The number of aromatic nitrogens is 3. The standard InChI is InChI=1S/C19H19ClN4O/c1-13(2)18(14-8-10-15(20)11-9-14)22-19(25)17-12-21-24(23-17)16-6-4-3-5-7-16/h3-13,18H,1-2H3,(H,22,25).